The molecule has 0 fully saturated rings. The molecule has 1 aromatic heterocycles. The van der Waals surface area contributed by atoms with E-state index >= 15 is 0 Å². The molecule has 182 valence electrons. The Balaban J connectivity index is 0.000000509. The number of hydrogen-bond acceptors (Lipinski definition) is 8. The van der Waals surface area contributed by atoms with Crippen molar-refractivity contribution in [3.05, 3.63) is 59.9 Å². The summed E-state index contributed by atoms with van der Waals surface area (Å²) in [7, 11) is -2.24. The Kier molecular flexibility index (Phi) is 8.62. The third kappa shape index (κ3) is 7.75. The number of carboxylic acids is 1. The topological polar surface area (TPSA) is 159 Å². The van der Waals surface area contributed by atoms with Crippen molar-refractivity contribution < 1.29 is 31.5 Å². The lowest BCUT2D eigenvalue weighted by molar-refractivity contribution is -0.192. The number of rotatable bonds is 6. The van der Waals surface area contributed by atoms with Gasteiger partial charge in [-0.05, 0) is 49.5 Å². The molecular formula is C19H18ClF3N6O4S. The van der Waals surface area contributed by atoms with Crippen LogP contribution >= 0.6 is 11.6 Å². The maximum Gasteiger partial charge on any atom is 0.490 e. The molecule has 2 aromatic carbocycles. The van der Waals surface area contributed by atoms with Gasteiger partial charge in [-0.15, -0.1) is 0 Å². The van der Waals surface area contributed by atoms with Crippen molar-refractivity contribution in [2.24, 2.45) is 0 Å². The quantitative estimate of drug-likeness (QED) is 0.306. The number of nitrogen functional groups attached to an aromatic ring is 1. The number of anilines is 5. The van der Waals surface area contributed by atoms with E-state index in [9.17, 15) is 21.6 Å². The van der Waals surface area contributed by atoms with Gasteiger partial charge in [-0.1, -0.05) is 11.6 Å². The molecule has 0 amide bonds. The minimum Gasteiger partial charge on any atom is -0.475 e. The van der Waals surface area contributed by atoms with E-state index < -0.39 is 22.2 Å². The Morgan fingerprint density at radius 1 is 1.03 bits per heavy atom. The number of alkyl halides is 3. The summed E-state index contributed by atoms with van der Waals surface area (Å²) in [6, 6.07) is 13.2. The SMILES string of the molecule is CNS(=O)(=O)c1ccc(N)c(Nc2cc(Nc3ccc(Cl)cc3)ncn2)c1.O=C(O)C(F)(F)F. The number of sulfonamides is 1. The van der Waals surface area contributed by atoms with Gasteiger partial charge in [0.25, 0.3) is 0 Å². The van der Waals surface area contributed by atoms with Crippen molar-refractivity contribution in [1.29, 1.82) is 0 Å². The van der Waals surface area contributed by atoms with Crippen LogP contribution < -0.4 is 21.1 Å². The molecule has 6 N–H and O–H groups in total. The highest BCUT2D eigenvalue weighted by Gasteiger charge is 2.38. The van der Waals surface area contributed by atoms with E-state index in [0.717, 1.165) is 5.69 Å². The number of aromatic nitrogens is 2. The van der Waals surface area contributed by atoms with Crippen molar-refractivity contribution in [3.63, 3.8) is 0 Å². The van der Waals surface area contributed by atoms with Crippen LogP contribution in [0.4, 0.5) is 41.9 Å². The fourth-order valence-corrected chi connectivity index (χ4v) is 3.12. The van der Waals surface area contributed by atoms with Crippen LogP contribution in [0.25, 0.3) is 0 Å². The Morgan fingerprint density at radius 2 is 1.59 bits per heavy atom. The first kappa shape index (κ1) is 26.6. The monoisotopic (exact) mass is 518 g/mol. The molecule has 3 aromatic rings. The molecule has 0 bridgehead atoms. The van der Waals surface area contributed by atoms with Crippen LogP contribution in [-0.4, -0.2) is 42.7 Å². The van der Waals surface area contributed by atoms with Crippen LogP contribution in [0.15, 0.2) is 59.8 Å². The molecule has 0 radical (unpaired) electrons. The highest BCUT2D eigenvalue weighted by molar-refractivity contribution is 7.89. The van der Waals surface area contributed by atoms with Gasteiger partial charge < -0.3 is 21.5 Å². The lowest BCUT2D eigenvalue weighted by Gasteiger charge is -2.12. The first-order chi connectivity index (χ1) is 15.8. The lowest BCUT2D eigenvalue weighted by atomic mass is 10.2. The molecule has 0 aliphatic rings. The fraction of sp³-hybridized carbons (Fsp3) is 0.105. The normalized spacial score (nSPS) is 11.2. The number of hydrogen-bond donors (Lipinski definition) is 5. The average molecular weight is 519 g/mol. The van der Waals surface area contributed by atoms with E-state index in [1.807, 2.05) is 12.1 Å². The lowest BCUT2D eigenvalue weighted by Crippen LogP contribution is -2.21. The molecular weight excluding hydrogens is 501 g/mol. The molecule has 15 heteroatoms. The summed E-state index contributed by atoms with van der Waals surface area (Å²) in [5, 5.41) is 13.9. The van der Waals surface area contributed by atoms with Gasteiger partial charge in [0.2, 0.25) is 10.0 Å². The maximum atomic E-state index is 12.0. The second kappa shape index (κ2) is 11.0. The predicted octanol–water partition coefficient (Wildman–Crippen LogP) is 3.74. The van der Waals surface area contributed by atoms with Crippen LogP contribution in [-0.2, 0) is 14.8 Å². The molecule has 0 saturated carbocycles. The Morgan fingerprint density at radius 3 is 2.12 bits per heavy atom. The summed E-state index contributed by atoms with van der Waals surface area (Å²) in [6.07, 6.45) is -3.70. The van der Waals surface area contributed by atoms with Crippen molar-refractivity contribution >= 4 is 56.3 Å². The molecule has 1 heterocycles. The number of carbonyl (C=O) groups is 1. The maximum absolute atomic E-state index is 12.0. The van der Waals surface area contributed by atoms with Gasteiger partial charge in [-0.2, -0.15) is 13.2 Å². The largest absolute Gasteiger partial charge is 0.490 e. The Hall–Kier alpha value is -3.62. The van der Waals surface area contributed by atoms with E-state index in [1.54, 1.807) is 18.2 Å². The minimum atomic E-state index is -5.08. The van der Waals surface area contributed by atoms with Crippen molar-refractivity contribution in [2.75, 3.05) is 23.4 Å². The highest BCUT2D eigenvalue weighted by Crippen LogP contribution is 2.26. The van der Waals surface area contributed by atoms with E-state index in [-0.39, 0.29) is 4.90 Å². The Bertz CT molecular complexity index is 1260. The zero-order valence-corrected chi connectivity index (χ0v) is 18.8. The summed E-state index contributed by atoms with van der Waals surface area (Å²) in [5.41, 5.74) is 7.56. The highest BCUT2D eigenvalue weighted by atomic mass is 35.5. The number of benzene rings is 2. The molecule has 0 unspecified atom stereocenters. The summed E-state index contributed by atoms with van der Waals surface area (Å²) >= 11 is 5.88. The zero-order valence-electron chi connectivity index (χ0n) is 17.3. The van der Waals surface area contributed by atoms with Crippen LogP contribution in [0.5, 0.6) is 0 Å². The number of nitrogens with zero attached hydrogens (tertiary/aromatic N) is 2. The summed E-state index contributed by atoms with van der Waals surface area (Å²) < 4.78 is 58.0. The average Bonchev–Trinajstić information content (AvgIpc) is 2.77. The van der Waals surface area contributed by atoms with Crippen LogP contribution in [0.2, 0.25) is 5.02 Å². The van der Waals surface area contributed by atoms with Gasteiger partial charge in [0.05, 0.1) is 16.3 Å². The van der Waals surface area contributed by atoms with E-state index in [1.165, 1.54) is 31.6 Å². The molecule has 0 saturated heterocycles. The van der Waals surface area contributed by atoms with E-state index in [4.69, 9.17) is 27.2 Å². The van der Waals surface area contributed by atoms with Crippen molar-refractivity contribution in [3.8, 4) is 0 Å². The molecule has 0 aliphatic carbocycles. The number of halogens is 4. The molecule has 3 rings (SSSR count). The molecule has 0 spiro atoms. The molecule has 10 nitrogen and oxygen atoms in total. The number of carboxylic acid groups (broad SMARTS) is 1. The zero-order chi connectivity index (χ0) is 25.5. The minimum absolute atomic E-state index is 0.0928. The van der Waals surface area contributed by atoms with E-state index in [2.05, 4.69) is 25.3 Å². The van der Waals surface area contributed by atoms with Crippen molar-refractivity contribution in [2.45, 2.75) is 11.1 Å². The van der Waals surface area contributed by atoms with E-state index in [0.29, 0.717) is 28.0 Å². The summed E-state index contributed by atoms with van der Waals surface area (Å²) in [6.45, 7) is 0. The third-order valence-electron chi connectivity index (χ3n) is 3.89. The third-order valence-corrected chi connectivity index (χ3v) is 5.56. The van der Waals surface area contributed by atoms with Gasteiger partial charge in [0.15, 0.2) is 0 Å². The molecule has 0 aliphatic heterocycles. The number of aliphatic carboxylic acids is 1. The molecule has 0 atom stereocenters. The van der Waals surface area contributed by atoms with Gasteiger partial charge in [-0.3, -0.25) is 0 Å². The predicted molar refractivity (Wildman–Crippen MR) is 121 cm³/mol. The fourth-order valence-electron chi connectivity index (χ4n) is 2.24. The second-order valence-corrected chi connectivity index (χ2v) is 8.63. The standard InChI is InChI=1S/C17H17ClN6O2S.C2HF3O2/c1-20-27(25,26)13-6-7-14(19)15(8-13)24-17-9-16(21-10-22-17)23-12-4-2-11(18)3-5-12;3-2(4,5)1(6)7/h2-10,20H,19H2,1H3,(H2,21,22,23,24);(H,6,7). The molecule has 34 heavy (non-hydrogen) atoms. The van der Waals surface area contributed by atoms with Crippen LogP contribution in [0, 0.1) is 0 Å². The van der Waals surface area contributed by atoms with Gasteiger partial charge in [-0.25, -0.2) is 27.9 Å². The smallest absolute Gasteiger partial charge is 0.475 e. The van der Waals surface area contributed by atoms with Gasteiger partial charge in [0, 0.05) is 16.8 Å². The summed E-state index contributed by atoms with van der Waals surface area (Å²) in [4.78, 5) is 17.3. The number of nitrogens with two attached hydrogens (primary N) is 1. The first-order valence-electron chi connectivity index (χ1n) is 9.06. The second-order valence-electron chi connectivity index (χ2n) is 6.30. The van der Waals surface area contributed by atoms with Crippen LogP contribution in [0.3, 0.4) is 0 Å². The Labute approximate surface area is 197 Å². The number of nitrogens with one attached hydrogen (secondary N) is 3. The van der Waals surface area contributed by atoms with Gasteiger partial charge >= 0.3 is 12.1 Å². The van der Waals surface area contributed by atoms with Gasteiger partial charge in [0.1, 0.15) is 18.0 Å². The van der Waals surface area contributed by atoms with Crippen molar-refractivity contribution in [1.82, 2.24) is 14.7 Å². The first-order valence-corrected chi connectivity index (χ1v) is 10.9. The van der Waals surface area contributed by atoms with Crippen LogP contribution in [0.1, 0.15) is 0 Å². The summed E-state index contributed by atoms with van der Waals surface area (Å²) in [5.74, 6) is -1.76.